The molecule has 1 aromatic heterocycles. The van der Waals surface area contributed by atoms with Gasteiger partial charge in [-0.15, -0.1) is 6.58 Å². The summed E-state index contributed by atoms with van der Waals surface area (Å²) in [7, 11) is 2.17. The standard InChI is InChI=1S/C18H28N4OS/c1-3-6-21(2)11-15-12-22-7-4-14(15)9-17(22)10-19-18(23)20-16-5-8-24-13-16/h3,5,8,13-15,17H,1,4,6-7,9-12H2,2H3,(H2,19,20,23)/t14-,15-,17+/m0/s1. The molecule has 3 aliphatic rings. The minimum Gasteiger partial charge on any atom is -0.336 e. The maximum atomic E-state index is 12.0. The first-order valence-electron chi connectivity index (χ1n) is 8.76. The Hall–Kier alpha value is -1.37. The van der Waals surface area contributed by atoms with Crippen molar-refractivity contribution in [2.24, 2.45) is 11.8 Å². The van der Waals surface area contributed by atoms with Gasteiger partial charge < -0.3 is 15.5 Å². The van der Waals surface area contributed by atoms with Crippen molar-refractivity contribution in [1.29, 1.82) is 0 Å². The van der Waals surface area contributed by atoms with Crippen LogP contribution in [0.2, 0.25) is 0 Å². The zero-order valence-corrected chi connectivity index (χ0v) is 15.2. The normalized spacial score (nSPS) is 28.8. The van der Waals surface area contributed by atoms with Crippen molar-refractivity contribution in [3.8, 4) is 0 Å². The molecule has 1 aromatic rings. The van der Waals surface area contributed by atoms with Crippen molar-refractivity contribution in [3.05, 3.63) is 29.5 Å². The zero-order chi connectivity index (χ0) is 16.9. The average molecular weight is 349 g/mol. The number of nitrogens with zero attached hydrogens (tertiary/aromatic N) is 2. The summed E-state index contributed by atoms with van der Waals surface area (Å²) in [6.07, 6.45) is 4.47. The monoisotopic (exact) mass is 348 g/mol. The molecule has 0 aromatic carbocycles. The number of carbonyl (C=O) groups excluding carboxylic acids is 1. The van der Waals surface area contributed by atoms with E-state index in [2.05, 4.69) is 34.1 Å². The first kappa shape index (κ1) is 17.5. The number of anilines is 1. The fourth-order valence-electron chi connectivity index (χ4n) is 4.09. The highest BCUT2D eigenvalue weighted by atomic mass is 32.1. The Morgan fingerprint density at radius 3 is 3.12 bits per heavy atom. The van der Waals surface area contributed by atoms with Gasteiger partial charge in [0, 0.05) is 37.6 Å². The summed E-state index contributed by atoms with van der Waals surface area (Å²) in [5.41, 5.74) is 0.869. The largest absolute Gasteiger partial charge is 0.336 e. The van der Waals surface area contributed by atoms with E-state index in [9.17, 15) is 4.79 Å². The number of rotatable bonds is 7. The number of thiophene rings is 1. The highest BCUT2D eigenvalue weighted by molar-refractivity contribution is 7.08. The van der Waals surface area contributed by atoms with Crippen LogP contribution < -0.4 is 10.6 Å². The zero-order valence-electron chi connectivity index (χ0n) is 14.4. The molecule has 2 amide bonds. The lowest BCUT2D eigenvalue weighted by Crippen LogP contribution is -2.58. The van der Waals surface area contributed by atoms with Crippen molar-refractivity contribution in [2.45, 2.75) is 18.9 Å². The maximum absolute atomic E-state index is 12.0. The number of amides is 2. The Morgan fingerprint density at radius 2 is 2.46 bits per heavy atom. The van der Waals surface area contributed by atoms with E-state index in [4.69, 9.17) is 0 Å². The first-order valence-corrected chi connectivity index (χ1v) is 9.70. The third-order valence-electron chi connectivity index (χ3n) is 5.28. The quantitative estimate of drug-likeness (QED) is 0.745. The molecule has 24 heavy (non-hydrogen) atoms. The van der Waals surface area contributed by atoms with Crippen LogP contribution in [0.4, 0.5) is 10.5 Å². The number of hydrogen-bond acceptors (Lipinski definition) is 4. The van der Waals surface area contributed by atoms with Crippen LogP contribution in [0.1, 0.15) is 12.8 Å². The summed E-state index contributed by atoms with van der Waals surface area (Å²) >= 11 is 1.59. The molecule has 4 atom stereocenters. The van der Waals surface area contributed by atoms with Gasteiger partial charge in [-0.05, 0) is 49.7 Å². The summed E-state index contributed by atoms with van der Waals surface area (Å²) in [5.74, 6) is 1.54. The SMILES string of the molecule is C=CCN(C)C[C@H]1CN2CC[C@H]1C[C@@H]2CNC(=O)Nc1ccsc1. The molecule has 3 aliphatic heterocycles. The number of likely N-dealkylation sites (N-methyl/N-ethyl adjacent to an activating group) is 1. The van der Waals surface area contributed by atoms with E-state index in [0.29, 0.717) is 6.04 Å². The molecule has 5 nitrogen and oxygen atoms in total. The van der Waals surface area contributed by atoms with Crippen LogP contribution in [0.25, 0.3) is 0 Å². The van der Waals surface area contributed by atoms with Crippen LogP contribution in [-0.4, -0.2) is 61.6 Å². The number of piperidine rings is 3. The van der Waals surface area contributed by atoms with Crippen LogP contribution >= 0.6 is 11.3 Å². The van der Waals surface area contributed by atoms with Crippen molar-refractivity contribution < 1.29 is 4.79 Å². The molecule has 3 saturated heterocycles. The predicted molar refractivity (Wildman–Crippen MR) is 101 cm³/mol. The van der Waals surface area contributed by atoms with Gasteiger partial charge in [0.05, 0.1) is 5.69 Å². The van der Waals surface area contributed by atoms with Gasteiger partial charge in [0.1, 0.15) is 0 Å². The van der Waals surface area contributed by atoms with Crippen molar-refractivity contribution in [1.82, 2.24) is 15.1 Å². The van der Waals surface area contributed by atoms with E-state index in [1.165, 1.54) is 19.4 Å². The fraction of sp³-hybridized carbons (Fsp3) is 0.611. The molecule has 132 valence electrons. The lowest BCUT2D eigenvalue weighted by Gasteiger charge is -2.50. The van der Waals surface area contributed by atoms with E-state index in [0.717, 1.165) is 43.7 Å². The molecule has 6 heteroatoms. The number of fused-ring (bicyclic) bond motifs is 3. The first-order chi connectivity index (χ1) is 11.7. The second-order valence-electron chi connectivity index (χ2n) is 7.05. The minimum absolute atomic E-state index is 0.0988. The number of carbonyl (C=O) groups is 1. The summed E-state index contributed by atoms with van der Waals surface area (Å²) in [6, 6.07) is 2.30. The van der Waals surface area contributed by atoms with E-state index >= 15 is 0 Å². The summed E-state index contributed by atoms with van der Waals surface area (Å²) in [5, 5.41) is 9.82. The Bertz CT molecular complexity index is 547. The summed E-state index contributed by atoms with van der Waals surface area (Å²) in [4.78, 5) is 16.9. The molecule has 4 heterocycles. The van der Waals surface area contributed by atoms with Crippen molar-refractivity contribution in [3.63, 3.8) is 0 Å². The van der Waals surface area contributed by atoms with Crippen LogP contribution in [0, 0.1) is 11.8 Å². The third kappa shape index (κ3) is 4.37. The Kier molecular flexibility index (Phi) is 5.92. The van der Waals surface area contributed by atoms with Crippen LogP contribution in [0.15, 0.2) is 29.5 Å². The number of urea groups is 1. The molecule has 1 unspecified atom stereocenters. The Morgan fingerprint density at radius 1 is 1.58 bits per heavy atom. The Labute approximate surface area is 148 Å². The number of nitrogens with one attached hydrogen (secondary N) is 2. The lowest BCUT2D eigenvalue weighted by atomic mass is 9.75. The minimum atomic E-state index is -0.0988. The predicted octanol–water partition coefficient (Wildman–Crippen LogP) is 2.70. The molecule has 2 bridgehead atoms. The topological polar surface area (TPSA) is 47.6 Å². The molecule has 4 rings (SSSR count). The molecule has 0 aliphatic carbocycles. The van der Waals surface area contributed by atoms with Gasteiger partial charge in [-0.1, -0.05) is 6.08 Å². The van der Waals surface area contributed by atoms with Crippen LogP contribution in [-0.2, 0) is 0 Å². The summed E-state index contributed by atoms with van der Waals surface area (Å²) < 4.78 is 0. The van der Waals surface area contributed by atoms with Gasteiger partial charge in [-0.2, -0.15) is 11.3 Å². The van der Waals surface area contributed by atoms with Gasteiger partial charge >= 0.3 is 6.03 Å². The van der Waals surface area contributed by atoms with E-state index in [-0.39, 0.29) is 6.03 Å². The molecule has 2 N–H and O–H groups in total. The van der Waals surface area contributed by atoms with Gasteiger partial charge in [-0.3, -0.25) is 4.90 Å². The maximum Gasteiger partial charge on any atom is 0.319 e. The van der Waals surface area contributed by atoms with Crippen LogP contribution in [0.3, 0.4) is 0 Å². The van der Waals surface area contributed by atoms with Gasteiger partial charge in [0.25, 0.3) is 0 Å². The fourth-order valence-corrected chi connectivity index (χ4v) is 4.67. The lowest BCUT2D eigenvalue weighted by molar-refractivity contribution is -0.00709. The third-order valence-corrected chi connectivity index (χ3v) is 5.96. The summed E-state index contributed by atoms with van der Waals surface area (Å²) in [6.45, 7) is 8.99. The van der Waals surface area contributed by atoms with Crippen LogP contribution in [0.5, 0.6) is 0 Å². The molecule has 0 spiro atoms. The van der Waals surface area contributed by atoms with E-state index < -0.39 is 0 Å². The van der Waals surface area contributed by atoms with E-state index in [1.807, 2.05) is 22.9 Å². The van der Waals surface area contributed by atoms with Crippen molar-refractivity contribution >= 4 is 23.1 Å². The van der Waals surface area contributed by atoms with E-state index in [1.54, 1.807) is 11.3 Å². The second-order valence-corrected chi connectivity index (χ2v) is 7.83. The molecule has 0 saturated carbocycles. The van der Waals surface area contributed by atoms with Gasteiger partial charge in [0.15, 0.2) is 0 Å². The molecular weight excluding hydrogens is 320 g/mol. The highest BCUT2D eigenvalue weighted by Crippen LogP contribution is 2.36. The average Bonchev–Trinajstić information content (AvgIpc) is 3.07. The second kappa shape index (κ2) is 8.14. The molecule has 0 radical (unpaired) electrons. The highest BCUT2D eigenvalue weighted by Gasteiger charge is 2.40. The van der Waals surface area contributed by atoms with Gasteiger partial charge in [-0.25, -0.2) is 4.79 Å². The smallest absolute Gasteiger partial charge is 0.319 e. The molecule has 3 fully saturated rings. The Balaban J connectivity index is 1.44. The number of hydrogen-bond donors (Lipinski definition) is 2. The molecular formula is C18H28N4OS. The van der Waals surface area contributed by atoms with Gasteiger partial charge in [0.2, 0.25) is 0 Å². The van der Waals surface area contributed by atoms with Crippen molar-refractivity contribution in [2.75, 3.05) is 45.1 Å².